The first-order valence-electron chi connectivity index (χ1n) is 16.4. The zero-order valence-corrected chi connectivity index (χ0v) is 28.7. The van der Waals surface area contributed by atoms with E-state index in [1.807, 2.05) is 0 Å². The van der Waals surface area contributed by atoms with Crippen molar-refractivity contribution >= 4 is 25.9 Å². The number of fused-ring (bicyclic) bond motifs is 3. The molecule has 11 unspecified atom stereocenters. The Morgan fingerprint density at radius 3 is 1.46 bits per heavy atom. The molecule has 3 saturated carbocycles. The van der Waals surface area contributed by atoms with Crippen LogP contribution in [0.4, 0.5) is 0 Å². The Bertz CT molecular complexity index is 824. The fraction of sp³-hybridized carbons (Fsp3) is 1.00. The van der Waals surface area contributed by atoms with Gasteiger partial charge in [0.1, 0.15) is 0 Å². The van der Waals surface area contributed by atoms with Crippen molar-refractivity contribution < 1.29 is 40.8 Å². The van der Waals surface area contributed by atoms with Crippen LogP contribution in [0.1, 0.15) is 77.0 Å². The van der Waals surface area contributed by atoms with Gasteiger partial charge in [0, 0.05) is 27.4 Å². The number of aliphatic hydroxyl groups is 1. The lowest BCUT2D eigenvalue weighted by atomic mass is 9.88. The molecule has 0 aromatic carbocycles. The van der Waals surface area contributed by atoms with Crippen molar-refractivity contribution in [2.45, 2.75) is 138 Å². The summed E-state index contributed by atoms with van der Waals surface area (Å²) in [6.45, 7) is 2.18. The molecule has 6 fully saturated rings. The minimum Gasteiger partial charge on any atom is -0.414 e. The Balaban J connectivity index is 1.13. The number of ether oxygens (including phenoxy) is 3. The molecule has 9 nitrogen and oxygen atoms in total. The Morgan fingerprint density at radius 1 is 0.585 bits per heavy atom. The van der Waals surface area contributed by atoms with Gasteiger partial charge < -0.3 is 40.8 Å². The van der Waals surface area contributed by atoms with Gasteiger partial charge in [0.15, 0.2) is 0 Å². The van der Waals surface area contributed by atoms with E-state index in [4.69, 9.17) is 35.7 Å². The third-order valence-corrected chi connectivity index (χ3v) is 23.0. The van der Waals surface area contributed by atoms with E-state index in [1.54, 1.807) is 21.3 Å². The molecule has 0 aromatic heterocycles. The van der Waals surface area contributed by atoms with Gasteiger partial charge in [-0.05, 0) is 113 Å². The standard InChI is InChI=1S/C29H54O9Si3/c1-31-40(20-30,15-12-22-6-9-25-28(18-22)35-25)37-39(4,14-11-21-5-8-24-27(17-21)34-24)38-41(32-2,33-3)16-13-23-7-10-26-29(19-23)36-26/h21-30H,5-20H2,1-4H3. The largest absolute Gasteiger partial charge is 0.491 e. The highest BCUT2D eigenvalue weighted by Gasteiger charge is 2.54. The molecule has 11 atom stereocenters. The minimum atomic E-state index is -3.01. The quantitative estimate of drug-likeness (QED) is 0.179. The Morgan fingerprint density at radius 2 is 1.05 bits per heavy atom. The molecule has 6 rings (SSSR count). The average Bonchev–Trinajstić information content (AvgIpc) is 3.88. The van der Waals surface area contributed by atoms with Gasteiger partial charge in [-0.2, -0.15) is 0 Å². The Labute approximate surface area is 250 Å². The van der Waals surface area contributed by atoms with Crippen molar-refractivity contribution in [3.05, 3.63) is 0 Å². The van der Waals surface area contributed by atoms with Gasteiger partial charge in [0.05, 0.1) is 42.9 Å². The first-order chi connectivity index (χ1) is 19.8. The third kappa shape index (κ3) is 7.75. The normalized spacial score (nSPS) is 40.5. The molecule has 3 aliphatic carbocycles. The summed E-state index contributed by atoms with van der Waals surface area (Å²) in [6, 6.07) is 2.39. The maximum Gasteiger partial charge on any atom is 0.491 e. The highest BCUT2D eigenvalue weighted by Crippen LogP contribution is 2.45. The van der Waals surface area contributed by atoms with E-state index in [1.165, 1.54) is 25.7 Å². The summed E-state index contributed by atoms with van der Waals surface area (Å²) in [6.07, 6.45) is 16.3. The molecule has 3 heterocycles. The second-order valence-electron chi connectivity index (χ2n) is 14.0. The van der Waals surface area contributed by atoms with Gasteiger partial charge in [-0.1, -0.05) is 0 Å². The fourth-order valence-corrected chi connectivity index (χ4v) is 21.0. The predicted octanol–water partition coefficient (Wildman–Crippen LogP) is 4.82. The number of hydrogen-bond donors (Lipinski definition) is 1. The Hall–Kier alpha value is 0.291. The van der Waals surface area contributed by atoms with Crippen molar-refractivity contribution in [3.8, 4) is 0 Å². The van der Waals surface area contributed by atoms with Crippen molar-refractivity contribution in [3.63, 3.8) is 0 Å². The van der Waals surface area contributed by atoms with E-state index in [2.05, 4.69) is 6.55 Å². The predicted molar refractivity (Wildman–Crippen MR) is 160 cm³/mol. The van der Waals surface area contributed by atoms with Crippen molar-refractivity contribution in [1.29, 1.82) is 0 Å². The number of epoxide rings is 3. The van der Waals surface area contributed by atoms with Gasteiger partial charge in [-0.25, -0.2) is 0 Å². The molecule has 3 aliphatic heterocycles. The summed E-state index contributed by atoms with van der Waals surface area (Å²) >= 11 is 0. The number of hydrogen-bond acceptors (Lipinski definition) is 9. The van der Waals surface area contributed by atoms with E-state index in [0.717, 1.165) is 69.5 Å². The summed E-state index contributed by atoms with van der Waals surface area (Å²) in [5, 5.41) is 10.8. The zero-order chi connectivity index (χ0) is 28.7. The van der Waals surface area contributed by atoms with Crippen LogP contribution in [0.5, 0.6) is 0 Å². The van der Waals surface area contributed by atoms with E-state index in [-0.39, 0.29) is 6.23 Å². The molecule has 0 radical (unpaired) electrons. The summed E-state index contributed by atoms with van der Waals surface area (Å²) in [7, 11) is -3.62. The topological polar surface area (TPSA) is 104 Å². The lowest BCUT2D eigenvalue weighted by molar-refractivity contribution is 0.130. The molecule has 236 valence electrons. The molecule has 0 bridgehead atoms. The molecule has 41 heavy (non-hydrogen) atoms. The highest BCUT2D eigenvalue weighted by atomic mass is 28.5. The van der Waals surface area contributed by atoms with Crippen molar-refractivity contribution in [2.24, 2.45) is 17.8 Å². The number of rotatable bonds is 17. The lowest BCUT2D eigenvalue weighted by Crippen LogP contribution is -2.61. The fourth-order valence-electron chi connectivity index (χ4n) is 8.16. The van der Waals surface area contributed by atoms with Gasteiger partial charge >= 0.3 is 25.9 Å². The smallest absolute Gasteiger partial charge is 0.414 e. The van der Waals surface area contributed by atoms with Gasteiger partial charge in [-0.3, -0.25) is 0 Å². The van der Waals surface area contributed by atoms with E-state index >= 15 is 0 Å². The van der Waals surface area contributed by atoms with Crippen LogP contribution in [0.15, 0.2) is 0 Å². The molecule has 0 aromatic rings. The molecule has 12 heteroatoms. The Kier molecular flexibility index (Phi) is 9.88. The van der Waals surface area contributed by atoms with Crippen LogP contribution in [0.25, 0.3) is 0 Å². The van der Waals surface area contributed by atoms with E-state index < -0.39 is 25.9 Å². The van der Waals surface area contributed by atoms with Crippen LogP contribution >= 0.6 is 0 Å². The molecule has 6 aliphatic rings. The maximum absolute atomic E-state index is 10.8. The van der Waals surface area contributed by atoms with Crippen molar-refractivity contribution in [1.82, 2.24) is 0 Å². The zero-order valence-electron chi connectivity index (χ0n) is 25.7. The van der Waals surface area contributed by atoms with Crippen molar-refractivity contribution in [2.75, 3.05) is 27.6 Å². The lowest BCUT2D eigenvalue weighted by Gasteiger charge is -2.42. The molecule has 1 N–H and O–H groups in total. The molecule has 3 saturated heterocycles. The molecular weight excluding hydrogens is 577 g/mol. The molecule has 0 amide bonds. The molecular formula is C29H54O9Si3. The first kappa shape index (κ1) is 31.3. The van der Waals surface area contributed by atoms with Crippen LogP contribution in [0, 0.1) is 17.8 Å². The van der Waals surface area contributed by atoms with Gasteiger partial charge in [-0.15, -0.1) is 0 Å². The highest BCUT2D eigenvalue weighted by molar-refractivity contribution is 6.85. The van der Waals surface area contributed by atoms with Crippen LogP contribution in [-0.4, -0.2) is 95.2 Å². The van der Waals surface area contributed by atoms with Crippen LogP contribution in [0.2, 0.25) is 24.7 Å². The second kappa shape index (κ2) is 13.0. The first-order valence-corrected chi connectivity index (χ1v) is 23.1. The summed E-state index contributed by atoms with van der Waals surface area (Å²) in [4.78, 5) is 0. The molecule has 0 spiro atoms. The average molecular weight is 631 g/mol. The monoisotopic (exact) mass is 630 g/mol. The summed E-state index contributed by atoms with van der Waals surface area (Å²) in [5.74, 6) is 1.85. The summed E-state index contributed by atoms with van der Waals surface area (Å²) in [5.41, 5.74) is 0. The third-order valence-electron chi connectivity index (χ3n) is 11.1. The van der Waals surface area contributed by atoms with Gasteiger partial charge in [0.2, 0.25) is 0 Å². The van der Waals surface area contributed by atoms with E-state index in [9.17, 15) is 5.11 Å². The van der Waals surface area contributed by atoms with E-state index in [0.29, 0.717) is 54.4 Å². The summed E-state index contributed by atoms with van der Waals surface area (Å²) < 4.78 is 50.2. The van der Waals surface area contributed by atoms with Crippen LogP contribution in [0.3, 0.4) is 0 Å². The number of aliphatic hydroxyl groups excluding tert-OH is 1. The van der Waals surface area contributed by atoms with Crippen LogP contribution in [-0.2, 0) is 35.7 Å². The van der Waals surface area contributed by atoms with Crippen LogP contribution < -0.4 is 0 Å². The minimum absolute atomic E-state index is 0.0646. The van der Waals surface area contributed by atoms with Gasteiger partial charge in [0.25, 0.3) is 0 Å². The maximum atomic E-state index is 10.8. The second-order valence-corrected chi connectivity index (χ2v) is 24.1. The SMILES string of the molecule is CO[Si](CO)(CCC1CCC2OC2C1)O[Si](C)(CCC1CCC2OC2C1)O[Si](CCC1CCC2OC2C1)(OC)OC.